The molecule has 0 aliphatic carbocycles. The van der Waals surface area contributed by atoms with Crippen LogP contribution in [0.4, 0.5) is 0 Å². The fourth-order valence-electron chi connectivity index (χ4n) is 1.16. The van der Waals surface area contributed by atoms with E-state index in [1.54, 1.807) is 30.3 Å². The first-order valence-corrected chi connectivity index (χ1v) is 8.85. The van der Waals surface area contributed by atoms with E-state index in [-0.39, 0.29) is 12.3 Å². The van der Waals surface area contributed by atoms with Crippen LogP contribution in [0.25, 0.3) is 0 Å². The first kappa shape index (κ1) is 14.4. The van der Waals surface area contributed by atoms with Crippen molar-refractivity contribution in [1.29, 1.82) is 0 Å². The van der Waals surface area contributed by atoms with Crippen molar-refractivity contribution in [3.63, 3.8) is 0 Å². The molecule has 0 aliphatic rings. The zero-order chi connectivity index (χ0) is 12.9. The Morgan fingerprint density at radius 2 is 1.65 bits per heavy atom. The first-order valence-electron chi connectivity index (χ1n) is 4.72. The van der Waals surface area contributed by atoms with Crippen LogP contribution in [-0.4, -0.2) is 29.1 Å². The van der Waals surface area contributed by atoms with Gasteiger partial charge in [-0.3, -0.25) is 0 Å². The van der Waals surface area contributed by atoms with E-state index >= 15 is 0 Å². The minimum absolute atomic E-state index is 0.184. The maximum absolute atomic E-state index is 11.5. The van der Waals surface area contributed by atoms with Gasteiger partial charge in [-0.25, -0.2) is 21.6 Å². The lowest BCUT2D eigenvalue weighted by atomic mass is 10.2. The van der Waals surface area contributed by atoms with Gasteiger partial charge in [-0.1, -0.05) is 30.3 Å². The molecule has 0 atom stereocenters. The van der Waals surface area contributed by atoms with E-state index in [0.717, 1.165) is 0 Å². The molecule has 0 aromatic heterocycles. The zero-order valence-corrected chi connectivity index (χ0v) is 11.2. The van der Waals surface area contributed by atoms with Crippen molar-refractivity contribution < 1.29 is 16.8 Å². The molecule has 0 aliphatic heterocycles. The molecule has 0 spiro atoms. The average Bonchev–Trinajstić information content (AvgIpc) is 2.15. The molecule has 1 aromatic carbocycles. The molecule has 96 valence electrons. The van der Waals surface area contributed by atoms with E-state index < -0.39 is 24.8 Å². The topological polar surface area (TPSA) is 80.3 Å². The van der Waals surface area contributed by atoms with Crippen molar-refractivity contribution in [3.8, 4) is 0 Å². The number of benzene rings is 1. The van der Waals surface area contributed by atoms with Gasteiger partial charge in [0.1, 0.15) is 0 Å². The Labute approximate surface area is 105 Å². The van der Waals surface area contributed by atoms with Crippen LogP contribution in [0.1, 0.15) is 5.56 Å². The van der Waals surface area contributed by atoms with Gasteiger partial charge in [0.05, 0.1) is 11.5 Å². The number of halogens is 1. The molecule has 0 saturated heterocycles. The van der Waals surface area contributed by atoms with Gasteiger partial charge in [0.2, 0.25) is 19.1 Å². The Kier molecular flexibility index (Phi) is 4.93. The van der Waals surface area contributed by atoms with E-state index in [1.807, 2.05) is 0 Å². The van der Waals surface area contributed by atoms with Crippen LogP contribution in [0, 0.1) is 0 Å². The summed E-state index contributed by atoms with van der Waals surface area (Å²) in [5.41, 5.74) is 0.633. The van der Waals surface area contributed by atoms with Crippen LogP contribution in [0.5, 0.6) is 0 Å². The standard InChI is InChI=1S/C9H12ClNO4S2/c10-16(12,13)7-6-11-17(14,15)8-9-4-2-1-3-5-9/h1-5,11H,6-8H2. The molecule has 1 rings (SSSR count). The summed E-state index contributed by atoms with van der Waals surface area (Å²) in [6, 6.07) is 8.60. The monoisotopic (exact) mass is 297 g/mol. The Hall–Kier alpha value is -0.630. The van der Waals surface area contributed by atoms with Gasteiger partial charge in [-0.15, -0.1) is 0 Å². The summed E-state index contributed by atoms with van der Waals surface area (Å²) in [5.74, 6) is -0.612. The van der Waals surface area contributed by atoms with E-state index in [9.17, 15) is 16.8 Å². The lowest BCUT2D eigenvalue weighted by Crippen LogP contribution is -2.29. The normalized spacial score (nSPS) is 12.5. The second-order valence-corrected chi connectivity index (χ2v) is 8.09. The molecule has 0 saturated carbocycles. The van der Waals surface area contributed by atoms with Gasteiger partial charge in [-0.2, -0.15) is 0 Å². The van der Waals surface area contributed by atoms with Gasteiger partial charge < -0.3 is 0 Å². The molecule has 17 heavy (non-hydrogen) atoms. The quantitative estimate of drug-likeness (QED) is 0.783. The van der Waals surface area contributed by atoms with Crippen LogP contribution >= 0.6 is 10.7 Å². The van der Waals surface area contributed by atoms with Crippen LogP contribution in [0.15, 0.2) is 30.3 Å². The second kappa shape index (κ2) is 5.81. The first-order chi connectivity index (χ1) is 7.79. The van der Waals surface area contributed by atoms with Crippen LogP contribution in [0.3, 0.4) is 0 Å². The molecule has 0 heterocycles. The van der Waals surface area contributed by atoms with Crippen molar-refractivity contribution in [3.05, 3.63) is 35.9 Å². The molecule has 5 nitrogen and oxygen atoms in total. The Morgan fingerprint density at radius 1 is 1.06 bits per heavy atom. The smallest absolute Gasteiger partial charge is 0.214 e. The third kappa shape index (κ3) is 6.62. The number of hydrogen-bond acceptors (Lipinski definition) is 4. The summed E-state index contributed by atoms with van der Waals surface area (Å²) >= 11 is 0. The lowest BCUT2D eigenvalue weighted by molar-refractivity contribution is 0.582. The maximum Gasteiger partial charge on any atom is 0.233 e. The predicted molar refractivity (Wildman–Crippen MR) is 66.7 cm³/mol. The molecule has 0 fully saturated rings. The van der Waals surface area contributed by atoms with Crippen molar-refractivity contribution in [2.75, 3.05) is 12.3 Å². The van der Waals surface area contributed by atoms with Crippen molar-refractivity contribution in [2.45, 2.75) is 5.75 Å². The average molecular weight is 298 g/mol. The maximum atomic E-state index is 11.5. The zero-order valence-electron chi connectivity index (χ0n) is 8.84. The molecule has 1 aromatic rings. The number of hydrogen-bond donors (Lipinski definition) is 1. The predicted octanol–water partition coefficient (Wildman–Crippen LogP) is 0.675. The molecule has 0 amide bonds. The SMILES string of the molecule is O=S(=O)(Cl)CCNS(=O)(=O)Cc1ccccc1. The highest BCUT2D eigenvalue weighted by Gasteiger charge is 2.12. The molecule has 0 bridgehead atoms. The highest BCUT2D eigenvalue weighted by atomic mass is 35.7. The Morgan fingerprint density at radius 3 is 2.18 bits per heavy atom. The van der Waals surface area contributed by atoms with Gasteiger partial charge in [-0.05, 0) is 5.56 Å². The highest BCUT2D eigenvalue weighted by Crippen LogP contribution is 2.04. The van der Waals surface area contributed by atoms with Crippen LogP contribution in [-0.2, 0) is 24.8 Å². The molecule has 0 unspecified atom stereocenters. The Bertz CT molecular complexity index is 554. The van der Waals surface area contributed by atoms with Crippen LogP contribution in [0.2, 0.25) is 0 Å². The van der Waals surface area contributed by atoms with Crippen molar-refractivity contribution in [2.24, 2.45) is 0 Å². The van der Waals surface area contributed by atoms with Gasteiger partial charge >= 0.3 is 0 Å². The summed E-state index contributed by atoms with van der Waals surface area (Å²) in [6.07, 6.45) is 0. The fraction of sp³-hybridized carbons (Fsp3) is 0.333. The molecule has 0 radical (unpaired) electrons. The number of rotatable bonds is 6. The fourth-order valence-corrected chi connectivity index (χ4v) is 3.02. The minimum atomic E-state index is -3.67. The molecular formula is C9H12ClNO4S2. The van der Waals surface area contributed by atoms with E-state index in [1.165, 1.54) is 0 Å². The number of nitrogens with one attached hydrogen (secondary N) is 1. The van der Waals surface area contributed by atoms with Crippen molar-refractivity contribution in [1.82, 2.24) is 4.72 Å². The van der Waals surface area contributed by atoms with Crippen LogP contribution < -0.4 is 4.72 Å². The summed E-state index contributed by atoms with van der Waals surface area (Å²) in [7, 11) is -2.24. The van der Waals surface area contributed by atoms with Crippen molar-refractivity contribution >= 4 is 29.8 Å². The summed E-state index contributed by atoms with van der Waals surface area (Å²) in [5, 5.41) is 0. The molecule has 1 N–H and O–H groups in total. The van der Waals surface area contributed by atoms with E-state index in [0.29, 0.717) is 5.56 Å². The summed E-state index contributed by atoms with van der Waals surface area (Å²) in [6.45, 7) is -0.221. The highest BCUT2D eigenvalue weighted by molar-refractivity contribution is 8.13. The second-order valence-electron chi connectivity index (χ2n) is 3.38. The lowest BCUT2D eigenvalue weighted by Gasteiger charge is -2.05. The van der Waals surface area contributed by atoms with E-state index in [4.69, 9.17) is 10.7 Å². The third-order valence-corrected chi connectivity index (χ3v) is 4.38. The molecule has 8 heteroatoms. The summed E-state index contributed by atoms with van der Waals surface area (Å²) in [4.78, 5) is 0. The van der Waals surface area contributed by atoms with E-state index in [2.05, 4.69) is 4.72 Å². The summed E-state index contributed by atoms with van der Waals surface area (Å²) < 4.78 is 46.5. The Balaban J connectivity index is 2.53. The minimum Gasteiger partial charge on any atom is -0.214 e. The number of sulfonamides is 1. The van der Waals surface area contributed by atoms with Gasteiger partial charge in [0, 0.05) is 17.2 Å². The molecular weight excluding hydrogens is 286 g/mol. The third-order valence-electron chi connectivity index (χ3n) is 1.87. The largest absolute Gasteiger partial charge is 0.233 e. The van der Waals surface area contributed by atoms with Gasteiger partial charge in [0.15, 0.2) is 0 Å². The van der Waals surface area contributed by atoms with Gasteiger partial charge in [0.25, 0.3) is 0 Å².